The Labute approximate surface area is 159 Å². The molecule has 2 aliphatic heterocycles. The fourth-order valence-electron chi connectivity index (χ4n) is 4.31. The van der Waals surface area contributed by atoms with Gasteiger partial charge in [-0.2, -0.15) is 0 Å². The summed E-state index contributed by atoms with van der Waals surface area (Å²) in [5, 5.41) is 17.3. The van der Waals surface area contributed by atoms with E-state index in [1.807, 2.05) is 6.07 Å². The van der Waals surface area contributed by atoms with Gasteiger partial charge in [-0.3, -0.25) is 0 Å². The third-order valence-corrected chi connectivity index (χ3v) is 5.38. The lowest BCUT2D eigenvalue weighted by Crippen LogP contribution is -2.69. The minimum absolute atomic E-state index is 0.170. The molecule has 0 bridgehead atoms. The largest absolute Gasteiger partial charge is 0.508 e. The molecule has 4 rings (SSSR count). The summed E-state index contributed by atoms with van der Waals surface area (Å²) in [5.41, 5.74) is 2.82. The molecular formula is C21H24N2O2S. The first kappa shape index (κ1) is 17.2. The Morgan fingerprint density at radius 2 is 1.96 bits per heavy atom. The maximum absolute atomic E-state index is 9.99. The maximum Gasteiger partial charge on any atom is 0.185 e. The third-order valence-electron chi connectivity index (χ3n) is 5.18. The number of nitrogens with one attached hydrogen (secondary N) is 2. The molecule has 5 heteroatoms. The lowest BCUT2D eigenvalue weighted by atomic mass is 9.77. The van der Waals surface area contributed by atoms with Crippen LogP contribution in [0.4, 0.5) is 0 Å². The zero-order valence-corrected chi connectivity index (χ0v) is 16.1. The molecule has 2 aromatic carbocycles. The third kappa shape index (κ3) is 3.12. The van der Waals surface area contributed by atoms with Gasteiger partial charge in [-0.15, -0.1) is 0 Å². The van der Waals surface area contributed by atoms with Crippen molar-refractivity contribution >= 4 is 17.3 Å². The first-order valence-electron chi connectivity index (χ1n) is 8.94. The molecule has 0 unspecified atom stereocenters. The van der Waals surface area contributed by atoms with Gasteiger partial charge in [-0.25, -0.2) is 0 Å². The number of rotatable bonds is 1. The Morgan fingerprint density at radius 1 is 1.15 bits per heavy atom. The number of phenolic OH excluding ortho intramolecular Hbond substituents is 1. The van der Waals surface area contributed by atoms with E-state index < -0.39 is 5.72 Å². The average Bonchev–Trinajstić information content (AvgIpc) is 2.51. The van der Waals surface area contributed by atoms with Gasteiger partial charge in [-0.1, -0.05) is 35.9 Å². The average molecular weight is 369 g/mol. The molecule has 0 amide bonds. The van der Waals surface area contributed by atoms with Gasteiger partial charge in [0.05, 0.1) is 0 Å². The zero-order chi connectivity index (χ0) is 18.5. The van der Waals surface area contributed by atoms with Crippen molar-refractivity contribution in [1.29, 1.82) is 0 Å². The molecule has 3 N–H and O–H groups in total. The lowest BCUT2D eigenvalue weighted by molar-refractivity contribution is -0.0128. The molecule has 4 nitrogen and oxygen atoms in total. The monoisotopic (exact) mass is 368 g/mol. The minimum Gasteiger partial charge on any atom is -0.508 e. The van der Waals surface area contributed by atoms with Crippen LogP contribution in [-0.4, -0.2) is 21.5 Å². The lowest BCUT2D eigenvalue weighted by Gasteiger charge is -2.50. The fourth-order valence-corrected chi connectivity index (χ4v) is 4.77. The summed E-state index contributed by atoms with van der Waals surface area (Å²) in [6.45, 7) is 6.37. The molecule has 0 saturated carbocycles. The van der Waals surface area contributed by atoms with Gasteiger partial charge in [0.1, 0.15) is 11.5 Å². The van der Waals surface area contributed by atoms with Crippen molar-refractivity contribution in [1.82, 2.24) is 10.6 Å². The predicted molar refractivity (Wildman–Crippen MR) is 107 cm³/mol. The predicted octanol–water partition coefficient (Wildman–Crippen LogP) is 3.96. The first-order chi connectivity index (χ1) is 12.3. The molecule has 1 fully saturated rings. The maximum atomic E-state index is 9.99. The number of fused-ring (bicyclic) bond motifs is 1. The Morgan fingerprint density at radius 3 is 2.69 bits per heavy atom. The van der Waals surface area contributed by atoms with Crippen molar-refractivity contribution in [3.63, 3.8) is 0 Å². The van der Waals surface area contributed by atoms with E-state index in [1.54, 1.807) is 12.1 Å². The number of hydrogen-bond donors (Lipinski definition) is 3. The second kappa shape index (κ2) is 5.88. The molecule has 2 aliphatic rings. The first-order valence-corrected chi connectivity index (χ1v) is 9.35. The topological polar surface area (TPSA) is 53.5 Å². The van der Waals surface area contributed by atoms with Gasteiger partial charge >= 0.3 is 0 Å². The van der Waals surface area contributed by atoms with Crippen molar-refractivity contribution in [2.45, 2.75) is 50.8 Å². The molecule has 2 aromatic rings. The van der Waals surface area contributed by atoms with E-state index in [1.165, 1.54) is 11.1 Å². The van der Waals surface area contributed by atoms with Gasteiger partial charge < -0.3 is 20.5 Å². The van der Waals surface area contributed by atoms with E-state index in [-0.39, 0.29) is 17.2 Å². The van der Waals surface area contributed by atoms with Gasteiger partial charge in [0.25, 0.3) is 0 Å². The molecule has 136 valence electrons. The zero-order valence-electron chi connectivity index (χ0n) is 15.3. The number of ether oxygens (including phenoxy) is 1. The highest BCUT2D eigenvalue weighted by Crippen LogP contribution is 2.47. The van der Waals surface area contributed by atoms with Gasteiger partial charge in [0.15, 0.2) is 10.8 Å². The summed E-state index contributed by atoms with van der Waals surface area (Å²) >= 11 is 5.46. The highest BCUT2D eigenvalue weighted by atomic mass is 32.1. The number of thiocarbonyl (C=S) groups is 1. The van der Waals surface area contributed by atoms with Crippen LogP contribution in [0.25, 0.3) is 0 Å². The van der Waals surface area contributed by atoms with Crippen LogP contribution in [-0.2, 0) is 0 Å². The van der Waals surface area contributed by atoms with E-state index in [4.69, 9.17) is 17.0 Å². The second-order valence-electron chi connectivity index (χ2n) is 8.13. The van der Waals surface area contributed by atoms with Crippen LogP contribution in [0.1, 0.15) is 49.3 Å². The normalized spacial score (nSPS) is 26.4. The molecule has 0 aliphatic carbocycles. The number of aromatic hydroxyl groups is 1. The molecular weight excluding hydrogens is 344 g/mol. The van der Waals surface area contributed by atoms with Crippen LogP contribution in [0.5, 0.6) is 11.5 Å². The van der Waals surface area contributed by atoms with Crippen LogP contribution < -0.4 is 15.4 Å². The molecule has 2 heterocycles. The molecule has 26 heavy (non-hydrogen) atoms. The van der Waals surface area contributed by atoms with Crippen molar-refractivity contribution in [3.05, 3.63) is 59.2 Å². The minimum atomic E-state index is -0.596. The number of benzene rings is 2. The molecule has 2 atom stereocenters. The van der Waals surface area contributed by atoms with Crippen molar-refractivity contribution in [3.8, 4) is 11.5 Å². The second-order valence-corrected chi connectivity index (χ2v) is 8.54. The van der Waals surface area contributed by atoms with Gasteiger partial charge in [0, 0.05) is 35.9 Å². The van der Waals surface area contributed by atoms with Crippen LogP contribution in [0.2, 0.25) is 0 Å². The highest BCUT2D eigenvalue weighted by Gasteiger charge is 2.48. The van der Waals surface area contributed by atoms with Crippen molar-refractivity contribution < 1.29 is 9.84 Å². The molecule has 1 saturated heterocycles. The summed E-state index contributed by atoms with van der Waals surface area (Å²) in [4.78, 5) is 0. The Hall–Kier alpha value is -2.27. The SMILES string of the molecule is Cc1cccc([C@H]2C[C@@]3(CC(C)(C)NC(=S)N3)Oc3cc(O)ccc32)c1. The van der Waals surface area contributed by atoms with Crippen LogP contribution >= 0.6 is 12.2 Å². The van der Waals surface area contributed by atoms with E-state index >= 15 is 0 Å². The Bertz CT molecular complexity index is 880. The highest BCUT2D eigenvalue weighted by molar-refractivity contribution is 7.80. The van der Waals surface area contributed by atoms with E-state index in [0.29, 0.717) is 5.11 Å². The van der Waals surface area contributed by atoms with Crippen LogP contribution in [0.15, 0.2) is 42.5 Å². The van der Waals surface area contributed by atoms with Gasteiger partial charge in [-0.05, 0) is 44.6 Å². The molecule has 1 spiro atoms. The summed E-state index contributed by atoms with van der Waals surface area (Å²) in [7, 11) is 0. The summed E-state index contributed by atoms with van der Waals surface area (Å²) < 4.78 is 6.43. The van der Waals surface area contributed by atoms with Crippen LogP contribution in [0.3, 0.4) is 0 Å². The Balaban J connectivity index is 1.83. The van der Waals surface area contributed by atoms with E-state index in [0.717, 1.165) is 24.2 Å². The van der Waals surface area contributed by atoms with E-state index in [2.05, 4.69) is 55.7 Å². The van der Waals surface area contributed by atoms with Crippen LogP contribution in [0, 0.1) is 6.92 Å². The van der Waals surface area contributed by atoms with E-state index in [9.17, 15) is 5.11 Å². The number of aryl methyl sites for hydroxylation is 1. The Kier molecular flexibility index (Phi) is 3.88. The van der Waals surface area contributed by atoms with Gasteiger partial charge in [0.2, 0.25) is 0 Å². The summed E-state index contributed by atoms with van der Waals surface area (Å²) in [6, 6.07) is 14.0. The summed E-state index contributed by atoms with van der Waals surface area (Å²) in [6.07, 6.45) is 1.54. The fraction of sp³-hybridized carbons (Fsp3) is 0.381. The quantitative estimate of drug-likeness (QED) is 0.665. The summed E-state index contributed by atoms with van der Waals surface area (Å²) in [5.74, 6) is 1.10. The van der Waals surface area contributed by atoms with Crippen molar-refractivity contribution in [2.75, 3.05) is 0 Å². The van der Waals surface area contributed by atoms with Crippen molar-refractivity contribution in [2.24, 2.45) is 0 Å². The number of phenols is 1. The standard InChI is InChI=1S/C21H24N2O2S/c1-13-5-4-6-14(9-13)17-11-21(12-20(2,3)22-19(26)23-21)25-18-10-15(24)7-8-16(17)18/h4-10,17,24H,11-12H2,1-3H3,(H2,22,23,26)/t17-,21+/m1/s1. The molecule has 0 radical (unpaired) electrons. The smallest absolute Gasteiger partial charge is 0.185 e. The molecule has 0 aromatic heterocycles. The number of hydrogen-bond acceptors (Lipinski definition) is 3.